The summed E-state index contributed by atoms with van der Waals surface area (Å²) in [7, 11) is 0. The second-order valence-corrected chi connectivity index (χ2v) is 8.64. The molecule has 0 amide bonds. The number of aryl methyl sites for hydroxylation is 1. The van der Waals surface area contributed by atoms with Crippen molar-refractivity contribution in [1.82, 2.24) is 9.38 Å². The SMILES string of the molecule is O=c1c(-c2ccccc2)c(O)[n+]2c3c(cccn13)CCC2Cc1cnc(Cl)s1. The topological polar surface area (TPSA) is 58.5 Å². The summed E-state index contributed by atoms with van der Waals surface area (Å²) in [5, 5.41) is 11.2. The minimum atomic E-state index is -0.210. The Bertz CT molecular complexity index is 1250. The third-order valence-corrected chi connectivity index (χ3v) is 6.43. The molecule has 1 atom stereocenters. The molecule has 4 aromatic rings. The number of hydrogen-bond acceptors (Lipinski definition) is 4. The van der Waals surface area contributed by atoms with Crippen molar-refractivity contribution in [3.8, 4) is 17.0 Å². The second-order valence-electron chi connectivity index (χ2n) is 6.94. The van der Waals surface area contributed by atoms with Crippen molar-refractivity contribution < 1.29 is 9.67 Å². The average Bonchev–Trinajstić information content (AvgIpc) is 3.12. The van der Waals surface area contributed by atoms with Gasteiger partial charge in [-0.25, -0.2) is 9.78 Å². The first-order valence-corrected chi connectivity index (χ1v) is 10.3. The highest BCUT2D eigenvalue weighted by Crippen LogP contribution is 2.31. The Kier molecular flexibility index (Phi) is 4.18. The summed E-state index contributed by atoms with van der Waals surface area (Å²) in [5.74, 6) is 0.0176. The van der Waals surface area contributed by atoms with Crippen LogP contribution in [-0.2, 0) is 12.8 Å². The van der Waals surface area contributed by atoms with Gasteiger partial charge in [-0.2, -0.15) is 8.97 Å². The van der Waals surface area contributed by atoms with Crippen LogP contribution in [-0.4, -0.2) is 14.5 Å². The van der Waals surface area contributed by atoms with E-state index >= 15 is 0 Å². The summed E-state index contributed by atoms with van der Waals surface area (Å²) < 4.78 is 4.08. The van der Waals surface area contributed by atoms with Gasteiger partial charge in [0.15, 0.2) is 10.0 Å². The molecule has 0 radical (unpaired) electrons. The molecule has 0 fully saturated rings. The fraction of sp³-hybridized carbons (Fsp3) is 0.190. The van der Waals surface area contributed by atoms with Crippen LogP contribution in [0.2, 0.25) is 4.47 Å². The summed E-state index contributed by atoms with van der Waals surface area (Å²) in [6.45, 7) is 0. The predicted octanol–water partition coefficient (Wildman–Crippen LogP) is 3.80. The highest BCUT2D eigenvalue weighted by atomic mass is 35.5. The summed E-state index contributed by atoms with van der Waals surface area (Å²) in [4.78, 5) is 18.4. The Morgan fingerprint density at radius 1 is 1.25 bits per heavy atom. The standard InChI is InChI=1S/C21H16ClN3O2S/c22-21-23-12-16(28-21)11-15-9-8-14-7-4-10-24-18(14)25(15)20(27)17(19(24)26)13-5-2-1-3-6-13/h1-7,10,12,15H,8-9,11H2/p+1. The van der Waals surface area contributed by atoms with E-state index in [1.54, 1.807) is 16.8 Å². The minimum absolute atomic E-state index is 0.0176. The van der Waals surface area contributed by atoms with Gasteiger partial charge in [0.05, 0.1) is 6.20 Å². The summed E-state index contributed by atoms with van der Waals surface area (Å²) in [6.07, 6.45) is 5.99. The predicted molar refractivity (Wildman–Crippen MR) is 109 cm³/mol. The average molecular weight is 411 g/mol. The quantitative estimate of drug-likeness (QED) is 0.522. The van der Waals surface area contributed by atoms with Crippen LogP contribution in [0.3, 0.4) is 0 Å². The Morgan fingerprint density at radius 2 is 2.07 bits per heavy atom. The first-order valence-electron chi connectivity index (χ1n) is 9.10. The molecule has 5 nitrogen and oxygen atoms in total. The molecule has 0 bridgehead atoms. The maximum absolute atomic E-state index is 13.2. The molecule has 1 N–H and O–H groups in total. The molecule has 1 unspecified atom stereocenters. The van der Waals surface area contributed by atoms with Gasteiger partial charge in [0.25, 0.3) is 11.5 Å². The number of halogens is 1. The van der Waals surface area contributed by atoms with Crippen molar-refractivity contribution in [2.75, 3.05) is 0 Å². The lowest BCUT2D eigenvalue weighted by Gasteiger charge is -2.23. The molecule has 0 saturated carbocycles. The molecule has 1 aliphatic heterocycles. The van der Waals surface area contributed by atoms with Crippen LogP contribution in [0.5, 0.6) is 5.88 Å². The van der Waals surface area contributed by atoms with E-state index in [-0.39, 0.29) is 17.5 Å². The zero-order chi connectivity index (χ0) is 19.3. The molecule has 3 aromatic heterocycles. The van der Waals surface area contributed by atoms with Gasteiger partial charge < -0.3 is 5.11 Å². The number of rotatable bonds is 3. The first kappa shape index (κ1) is 17.4. The van der Waals surface area contributed by atoms with E-state index in [0.29, 0.717) is 22.0 Å². The third kappa shape index (κ3) is 2.72. The monoisotopic (exact) mass is 410 g/mol. The minimum Gasteiger partial charge on any atom is -0.477 e. The lowest BCUT2D eigenvalue weighted by molar-refractivity contribution is -0.709. The van der Waals surface area contributed by atoms with E-state index in [0.717, 1.165) is 28.9 Å². The van der Waals surface area contributed by atoms with Crippen LogP contribution < -0.4 is 10.1 Å². The number of pyridine rings is 1. The Labute approximate surface area is 170 Å². The maximum atomic E-state index is 13.2. The molecule has 1 aromatic carbocycles. The molecule has 4 heterocycles. The van der Waals surface area contributed by atoms with Gasteiger partial charge in [-0.3, -0.25) is 0 Å². The Balaban J connectivity index is 1.78. The first-order chi connectivity index (χ1) is 13.6. The summed E-state index contributed by atoms with van der Waals surface area (Å²) in [5.41, 5.74) is 2.64. The highest BCUT2D eigenvalue weighted by Gasteiger charge is 2.35. The van der Waals surface area contributed by atoms with Crippen molar-refractivity contribution in [2.45, 2.75) is 25.3 Å². The molecule has 1 aliphatic rings. The molecule has 0 saturated heterocycles. The van der Waals surface area contributed by atoms with Gasteiger partial charge in [-0.15, -0.1) is 11.3 Å². The number of benzene rings is 1. The highest BCUT2D eigenvalue weighted by molar-refractivity contribution is 7.15. The van der Waals surface area contributed by atoms with Crippen LogP contribution in [0.4, 0.5) is 0 Å². The van der Waals surface area contributed by atoms with E-state index < -0.39 is 0 Å². The van der Waals surface area contributed by atoms with Crippen LogP contribution in [0, 0.1) is 0 Å². The van der Waals surface area contributed by atoms with Gasteiger partial charge in [0, 0.05) is 23.1 Å². The van der Waals surface area contributed by atoms with Crippen LogP contribution >= 0.6 is 22.9 Å². The fourth-order valence-corrected chi connectivity index (χ4v) is 5.12. The van der Waals surface area contributed by atoms with E-state index in [9.17, 15) is 9.90 Å². The largest absolute Gasteiger partial charge is 0.477 e. The molecular formula is C21H17ClN3O2S+. The fourth-order valence-electron chi connectivity index (χ4n) is 4.07. The number of hydrogen-bond donors (Lipinski definition) is 1. The summed E-state index contributed by atoms with van der Waals surface area (Å²) >= 11 is 7.46. The number of aromatic nitrogens is 3. The Hall–Kier alpha value is -2.70. The van der Waals surface area contributed by atoms with Crippen LogP contribution in [0.15, 0.2) is 59.7 Å². The lowest BCUT2D eigenvalue weighted by atomic mass is 9.97. The second kappa shape index (κ2) is 6.72. The van der Waals surface area contributed by atoms with Gasteiger partial charge in [-0.1, -0.05) is 41.9 Å². The van der Waals surface area contributed by atoms with E-state index in [2.05, 4.69) is 4.98 Å². The molecule has 140 valence electrons. The van der Waals surface area contributed by atoms with Crippen molar-refractivity contribution in [1.29, 1.82) is 0 Å². The van der Waals surface area contributed by atoms with Crippen LogP contribution in [0.25, 0.3) is 16.8 Å². The zero-order valence-electron chi connectivity index (χ0n) is 14.9. The number of aromatic hydroxyl groups is 1. The molecule has 7 heteroatoms. The van der Waals surface area contributed by atoms with Crippen molar-refractivity contribution in [3.05, 3.63) is 80.1 Å². The number of nitrogens with zero attached hydrogens (tertiary/aromatic N) is 3. The van der Waals surface area contributed by atoms with Crippen molar-refractivity contribution in [3.63, 3.8) is 0 Å². The molecule has 28 heavy (non-hydrogen) atoms. The maximum Gasteiger partial charge on any atom is 0.354 e. The third-order valence-electron chi connectivity index (χ3n) is 5.30. The lowest BCUT2D eigenvalue weighted by Crippen LogP contribution is -2.48. The molecule has 5 rings (SSSR count). The van der Waals surface area contributed by atoms with Gasteiger partial charge in [0.2, 0.25) is 0 Å². The molecule has 0 spiro atoms. The van der Waals surface area contributed by atoms with E-state index in [4.69, 9.17) is 11.6 Å². The molecular weight excluding hydrogens is 394 g/mol. The molecule has 0 aliphatic carbocycles. The number of thiazole rings is 1. The van der Waals surface area contributed by atoms with Crippen molar-refractivity contribution >= 4 is 28.6 Å². The Morgan fingerprint density at radius 3 is 2.82 bits per heavy atom. The smallest absolute Gasteiger partial charge is 0.354 e. The zero-order valence-corrected chi connectivity index (χ0v) is 16.5. The van der Waals surface area contributed by atoms with Gasteiger partial charge in [0.1, 0.15) is 6.04 Å². The van der Waals surface area contributed by atoms with E-state index in [1.807, 2.05) is 47.0 Å². The van der Waals surface area contributed by atoms with Gasteiger partial charge in [-0.05, 0) is 30.5 Å². The van der Waals surface area contributed by atoms with Crippen LogP contribution in [0.1, 0.15) is 22.9 Å². The normalized spacial score (nSPS) is 15.8. The van der Waals surface area contributed by atoms with Gasteiger partial charge >= 0.3 is 5.56 Å². The summed E-state index contributed by atoms with van der Waals surface area (Å²) in [6, 6.07) is 13.3. The van der Waals surface area contributed by atoms with Crippen molar-refractivity contribution in [2.24, 2.45) is 0 Å². The van der Waals surface area contributed by atoms with E-state index in [1.165, 1.54) is 11.3 Å².